The first-order chi connectivity index (χ1) is 10.7. The van der Waals surface area contributed by atoms with Gasteiger partial charge in [-0.05, 0) is 48.8 Å². The third-order valence-electron chi connectivity index (χ3n) is 2.86. The van der Waals surface area contributed by atoms with Gasteiger partial charge < -0.3 is 9.64 Å². The van der Waals surface area contributed by atoms with Crippen molar-refractivity contribution in [2.24, 2.45) is 0 Å². The van der Waals surface area contributed by atoms with Crippen LogP contribution in [-0.2, 0) is 11.3 Å². The number of ether oxygens (including phenoxy) is 1. The van der Waals surface area contributed by atoms with E-state index < -0.39 is 17.5 Å². The number of carbonyl (C=O) groups is 1. The molecule has 0 saturated heterocycles. The zero-order valence-electron chi connectivity index (χ0n) is 13.4. The van der Waals surface area contributed by atoms with Crippen molar-refractivity contribution in [3.63, 3.8) is 0 Å². The highest BCUT2D eigenvalue weighted by Crippen LogP contribution is 2.22. The Morgan fingerprint density at radius 2 is 2.13 bits per heavy atom. The van der Waals surface area contributed by atoms with Crippen molar-refractivity contribution in [1.82, 2.24) is 19.7 Å². The van der Waals surface area contributed by atoms with E-state index in [0.717, 1.165) is 0 Å². The van der Waals surface area contributed by atoms with Crippen LogP contribution < -0.4 is 0 Å². The van der Waals surface area contributed by atoms with Gasteiger partial charge in [0.1, 0.15) is 17.6 Å². The fraction of sp³-hybridized carbons (Fsp3) is 0.400. The Labute approximate surface area is 142 Å². The smallest absolute Gasteiger partial charge is 0.410 e. The fourth-order valence-corrected chi connectivity index (χ4v) is 2.20. The second kappa shape index (κ2) is 6.66. The van der Waals surface area contributed by atoms with Gasteiger partial charge in [0.05, 0.1) is 11.0 Å². The van der Waals surface area contributed by atoms with Crippen molar-refractivity contribution in [3.8, 4) is 5.69 Å². The molecule has 0 saturated carbocycles. The number of hydrogen-bond acceptors (Lipinski definition) is 4. The normalized spacial score (nSPS) is 11.4. The minimum atomic E-state index is -0.588. The lowest BCUT2D eigenvalue weighted by molar-refractivity contribution is 0.0280. The second-order valence-corrected chi connectivity index (χ2v) is 6.85. The van der Waals surface area contributed by atoms with Gasteiger partial charge in [0.15, 0.2) is 11.6 Å². The number of rotatable bonds is 3. The van der Waals surface area contributed by atoms with Crippen LogP contribution in [0.1, 0.15) is 26.6 Å². The number of hydrogen-bond donors (Lipinski definition) is 0. The van der Waals surface area contributed by atoms with E-state index >= 15 is 0 Å². The SMILES string of the molecule is CN(Cc1ncnn1-c1cccc(Br)c1F)C(=O)OC(C)(C)C. The first-order valence-electron chi connectivity index (χ1n) is 6.96. The molecule has 23 heavy (non-hydrogen) atoms. The Balaban J connectivity index is 2.22. The highest BCUT2D eigenvalue weighted by atomic mass is 79.9. The van der Waals surface area contributed by atoms with Crippen LogP contribution in [0.3, 0.4) is 0 Å². The van der Waals surface area contributed by atoms with Gasteiger partial charge in [-0.15, -0.1) is 0 Å². The van der Waals surface area contributed by atoms with Crippen LogP contribution >= 0.6 is 15.9 Å². The van der Waals surface area contributed by atoms with Crippen molar-refractivity contribution < 1.29 is 13.9 Å². The molecule has 0 radical (unpaired) electrons. The average molecular weight is 385 g/mol. The molecule has 1 aromatic heterocycles. The molecule has 1 amide bonds. The summed E-state index contributed by atoms with van der Waals surface area (Å²) < 4.78 is 21.2. The van der Waals surface area contributed by atoms with Crippen LogP contribution in [0.5, 0.6) is 0 Å². The van der Waals surface area contributed by atoms with E-state index in [2.05, 4.69) is 26.0 Å². The minimum Gasteiger partial charge on any atom is -0.444 e. The molecule has 2 rings (SSSR count). The standard InChI is InChI=1S/C15H18BrFN4O2/c1-15(2,3)23-14(22)20(4)8-12-18-9-19-21(12)11-7-5-6-10(16)13(11)17/h5-7,9H,8H2,1-4H3. The highest BCUT2D eigenvalue weighted by Gasteiger charge is 2.22. The maximum atomic E-state index is 14.2. The van der Waals surface area contributed by atoms with Crippen molar-refractivity contribution in [2.75, 3.05) is 7.05 Å². The zero-order valence-corrected chi connectivity index (χ0v) is 15.0. The molecular formula is C15H18BrFN4O2. The largest absolute Gasteiger partial charge is 0.444 e. The predicted molar refractivity (Wildman–Crippen MR) is 86.7 cm³/mol. The van der Waals surface area contributed by atoms with Gasteiger partial charge in [-0.1, -0.05) is 6.07 Å². The molecule has 1 heterocycles. The number of carbonyl (C=O) groups excluding carboxylic acids is 1. The molecule has 124 valence electrons. The molecule has 8 heteroatoms. The summed E-state index contributed by atoms with van der Waals surface area (Å²) in [7, 11) is 1.59. The Morgan fingerprint density at radius 3 is 2.78 bits per heavy atom. The summed E-state index contributed by atoms with van der Waals surface area (Å²) >= 11 is 3.14. The average Bonchev–Trinajstić information content (AvgIpc) is 2.88. The molecule has 2 aromatic rings. The van der Waals surface area contributed by atoms with Crippen LogP contribution in [0.25, 0.3) is 5.69 Å². The molecule has 0 aliphatic rings. The highest BCUT2D eigenvalue weighted by molar-refractivity contribution is 9.10. The van der Waals surface area contributed by atoms with Crippen molar-refractivity contribution in [1.29, 1.82) is 0 Å². The van der Waals surface area contributed by atoms with Gasteiger partial charge in [0.25, 0.3) is 0 Å². The van der Waals surface area contributed by atoms with E-state index in [-0.39, 0.29) is 12.2 Å². The first kappa shape index (κ1) is 17.4. The molecular weight excluding hydrogens is 367 g/mol. The molecule has 0 atom stereocenters. The van der Waals surface area contributed by atoms with E-state index in [9.17, 15) is 9.18 Å². The van der Waals surface area contributed by atoms with Crippen LogP contribution in [0.15, 0.2) is 29.0 Å². The maximum Gasteiger partial charge on any atom is 0.410 e. The lowest BCUT2D eigenvalue weighted by Crippen LogP contribution is -2.34. The molecule has 0 bridgehead atoms. The second-order valence-electron chi connectivity index (χ2n) is 6.00. The summed E-state index contributed by atoms with van der Waals surface area (Å²) in [5.74, 6) is -0.0190. The van der Waals surface area contributed by atoms with E-state index in [1.165, 1.54) is 15.9 Å². The molecule has 1 aromatic carbocycles. The van der Waals surface area contributed by atoms with Crippen LogP contribution in [0, 0.1) is 5.82 Å². The summed E-state index contributed by atoms with van der Waals surface area (Å²) in [4.78, 5) is 17.5. The molecule has 0 unspecified atom stereocenters. The molecule has 0 fully saturated rings. The predicted octanol–water partition coefficient (Wildman–Crippen LogP) is 3.54. The zero-order chi connectivity index (χ0) is 17.2. The number of benzene rings is 1. The number of halogens is 2. The summed E-state index contributed by atoms with van der Waals surface area (Å²) in [6.45, 7) is 5.51. The van der Waals surface area contributed by atoms with E-state index in [0.29, 0.717) is 10.3 Å². The monoisotopic (exact) mass is 384 g/mol. The van der Waals surface area contributed by atoms with Crippen molar-refractivity contribution >= 4 is 22.0 Å². The van der Waals surface area contributed by atoms with Gasteiger partial charge in [-0.25, -0.2) is 18.9 Å². The van der Waals surface area contributed by atoms with E-state index in [4.69, 9.17) is 4.74 Å². The van der Waals surface area contributed by atoms with Gasteiger partial charge in [0.2, 0.25) is 0 Å². The van der Waals surface area contributed by atoms with Crippen molar-refractivity contribution in [3.05, 3.63) is 40.6 Å². The van der Waals surface area contributed by atoms with Crippen LogP contribution in [0.2, 0.25) is 0 Å². The number of amides is 1. The molecule has 0 N–H and O–H groups in total. The maximum absolute atomic E-state index is 14.2. The first-order valence-corrected chi connectivity index (χ1v) is 7.76. The Kier molecular flexibility index (Phi) is 5.03. The third kappa shape index (κ3) is 4.28. The lowest BCUT2D eigenvalue weighted by atomic mass is 10.2. The van der Waals surface area contributed by atoms with Crippen LogP contribution in [0.4, 0.5) is 9.18 Å². The minimum absolute atomic E-state index is 0.140. The van der Waals surface area contributed by atoms with Crippen molar-refractivity contribution in [2.45, 2.75) is 32.9 Å². The Bertz CT molecular complexity index is 712. The summed E-state index contributed by atoms with van der Waals surface area (Å²) in [5, 5.41) is 4.04. The quantitative estimate of drug-likeness (QED) is 0.811. The number of nitrogens with zero attached hydrogens (tertiary/aromatic N) is 4. The van der Waals surface area contributed by atoms with Gasteiger partial charge >= 0.3 is 6.09 Å². The van der Waals surface area contributed by atoms with E-state index in [1.807, 2.05) is 0 Å². The summed E-state index contributed by atoms with van der Waals surface area (Å²) in [6.07, 6.45) is 0.834. The topological polar surface area (TPSA) is 60.2 Å². The molecule has 0 spiro atoms. The Hall–Kier alpha value is -1.96. The number of aromatic nitrogens is 3. The van der Waals surface area contributed by atoms with Gasteiger partial charge in [0, 0.05) is 7.05 Å². The molecule has 0 aliphatic heterocycles. The third-order valence-corrected chi connectivity index (χ3v) is 3.47. The lowest BCUT2D eigenvalue weighted by Gasteiger charge is -2.24. The fourth-order valence-electron chi connectivity index (χ4n) is 1.85. The van der Waals surface area contributed by atoms with Gasteiger partial charge in [-0.3, -0.25) is 0 Å². The van der Waals surface area contributed by atoms with Crippen LogP contribution in [-0.4, -0.2) is 38.4 Å². The summed E-state index contributed by atoms with van der Waals surface area (Å²) in [6, 6.07) is 4.89. The van der Waals surface area contributed by atoms with E-state index in [1.54, 1.807) is 46.0 Å². The Morgan fingerprint density at radius 1 is 1.43 bits per heavy atom. The molecule has 0 aliphatic carbocycles. The summed E-state index contributed by atoms with van der Waals surface area (Å²) in [5.41, 5.74) is -0.334. The van der Waals surface area contributed by atoms with Gasteiger partial charge in [-0.2, -0.15) is 5.10 Å². The molecule has 6 nitrogen and oxygen atoms in total.